The molecule has 1 saturated heterocycles. The molecule has 3 heteroatoms. The summed E-state index contributed by atoms with van der Waals surface area (Å²) in [5.74, 6) is 0. The van der Waals surface area contributed by atoms with Gasteiger partial charge in [0.05, 0.1) is 18.8 Å². The van der Waals surface area contributed by atoms with Gasteiger partial charge in [-0.05, 0) is 18.9 Å². The summed E-state index contributed by atoms with van der Waals surface area (Å²) in [4.78, 5) is 0. The maximum absolute atomic E-state index is 9.82. The van der Waals surface area contributed by atoms with E-state index in [1.54, 1.807) is 0 Å². The highest BCUT2D eigenvalue weighted by molar-refractivity contribution is 5.18. The molecule has 0 saturated carbocycles. The summed E-state index contributed by atoms with van der Waals surface area (Å²) in [5, 5.41) is 13.2. The van der Waals surface area contributed by atoms with Crippen molar-refractivity contribution < 1.29 is 9.84 Å². The van der Waals surface area contributed by atoms with E-state index in [0.29, 0.717) is 13.2 Å². The Kier molecular flexibility index (Phi) is 3.93. The van der Waals surface area contributed by atoms with Crippen LogP contribution < -0.4 is 5.32 Å². The van der Waals surface area contributed by atoms with E-state index in [9.17, 15) is 5.11 Å². The zero-order valence-corrected chi connectivity index (χ0v) is 9.60. The van der Waals surface area contributed by atoms with Crippen molar-refractivity contribution >= 4 is 0 Å². The van der Waals surface area contributed by atoms with Crippen LogP contribution in [0, 0.1) is 0 Å². The number of benzene rings is 1. The lowest BCUT2D eigenvalue weighted by Gasteiger charge is -2.31. The molecule has 0 amide bonds. The molecule has 0 spiro atoms. The van der Waals surface area contributed by atoms with Crippen molar-refractivity contribution in [1.82, 2.24) is 5.32 Å². The molecule has 16 heavy (non-hydrogen) atoms. The van der Waals surface area contributed by atoms with Crippen LogP contribution in [0.1, 0.15) is 24.9 Å². The summed E-state index contributed by atoms with van der Waals surface area (Å²) >= 11 is 0. The molecule has 1 aromatic rings. The molecule has 88 valence electrons. The molecule has 1 fully saturated rings. The third kappa shape index (κ3) is 2.82. The van der Waals surface area contributed by atoms with Gasteiger partial charge in [0.2, 0.25) is 0 Å². The highest BCUT2D eigenvalue weighted by Gasteiger charge is 2.24. The van der Waals surface area contributed by atoms with Gasteiger partial charge in [-0.2, -0.15) is 0 Å². The first kappa shape index (κ1) is 11.6. The van der Waals surface area contributed by atoms with Crippen LogP contribution in [0.15, 0.2) is 30.3 Å². The maximum Gasteiger partial charge on any atom is 0.0737 e. The lowest BCUT2D eigenvalue weighted by Crippen LogP contribution is -2.47. The van der Waals surface area contributed by atoms with Gasteiger partial charge in [-0.3, -0.25) is 0 Å². The highest BCUT2D eigenvalue weighted by Crippen LogP contribution is 2.15. The molecule has 0 aromatic heterocycles. The van der Waals surface area contributed by atoms with Crippen LogP contribution >= 0.6 is 0 Å². The monoisotopic (exact) mass is 221 g/mol. The predicted octanol–water partition coefficient (Wildman–Crippen LogP) is 1.49. The summed E-state index contributed by atoms with van der Waals surface area (Å²) in [5.41, 5.74) is 1.24. The van der Waals surface area contributed by atoms with Gasteiger partial charge in [-0.25, -0.2) is 0 Å². The van der Waals surface area contributed by atoms with E-state index in [4.69, 9.17) is 4.74 Å². The maximum atomic E-state index is 9.82. The molecule has 3 nitrogen and oxygen atoms in total. The molecule has 1 aliphatic heterocycles. The number of rotatable bonds is 3. The second-order valence-electron chi connectivity index (χ2n) is 4.34. The van der Waals surface area contributed by atoms with Crippen LogP contribution in [0.3, 0.4) is 0 Å². The Morgan fingerprint density at radius 3 is 2.81 bits per heavy atom. The Bertz CT molecular complexity index is 315. The van der Waals surface area contributed by atoms with Gasteiger partial charge in [0, 0.05) is 12.6 Å². The number of aliphatic hydroxyl groups is 1. The molecule has 0 bridgehead atoms. The Morgan fingerprint density at radius 1 is 1.38 bits per heavy atom. The van der Waals surface area contributed by atoms with Crippen molar-refractivity contribution in [3.8, 4) is 0 Å². The molecule has 0 radical (unpaired) electrons. The number of ether oxygens (including phenoxy) is 1. The third-order valence-electron chi connectivity index (χ3n) is 3.08. The van der Waals surface area contributed by atoms with Crippen molar-refractivity contribution in [2.24, 2.45) is 0 Å². The van der Waals surface area contributed by atoms with E-state index in [2.05, 4.69) is 24.4 Å². The SMILES string of the molecule is C[C@@H](N[C@@H]1COCC[C@H]1O)c1ccccc1. The number of hydrogen-bond donors (Lipinski definition) is 2. The standard InChI is InChI=1S/C13H19NO2/c1-10(11-5-3-2-4-6-11)14-12-9-16-8-7-13(12)15/h2-6,10,12-15H,7-9H2,1H3/t10-,12-,13-/m1/s1. The minimum absolute atomic E-state index is 0.0453. The predicted molar refractivity (Wildman–Crippen MR) is 63.2 cm³/mol. The quantitative estimate of drug-likeness (QED) is 0.812. The van der Waals surface area contributed by atoms with Crippen LogP contribution in [0.5, 0.6) is 0 Å². The Labute approximate surface area is 96.4 Å². The van der Waals surface area contributed by atoms with Gasteiger partial charge in [-0.1, -0.05) is 30.3 Å². The first-order valence-corrected chi connectivity index (χ1v) is 5.84. The fourth-order valence-corrected chi connectivity index (χ4v) is 2.04. The number of nitrogens with one attached hydrogen (secondary N) is 1. The average molecular weight is 221 g/mol. The molecule has 0 aliphatic carbocycles. The molecular formula is C13H19NO2. The van der Waals surface area contributed by atoms with Gasteiger partial charge in [0.25, 0.3) is 0 Å². The lowest BCUT2D eigenvalue weighted by atomic mass is 10.0. The van der Waals surface area contributed by atoms with E-state index in [1.807, 2.05) is 18.2 Å². The lowest BCUT2D eigenvalue weighted by molar-refractivity contribution is -0.0185. The van der Waals surface area contributed by atoms with E-state index >= 15 is 0 Å². The van der Waals surface area contributed by atoms with E-state index < -0.39 is 0 Å². The smallest absolute Gasteiger partial charge is 0.0737 e. The molecule has 2 N–H and O–H groups in total. The molecule has 0 unspecified atom stereocenters. The Balaban J connectivity index is 1.94. The second kappa shape index (κ2) is 5.43. The zero-order chi connectivity index (χ0) is 11.4. The fraction of sp³-hybridized carbons (Fsp3) is 0.538. The van der Waals surface area contributed by atoms with E-state index in [1.165, 1.54) is 5.56 Å². The summed E-state index contributed by atoms with van der Waals surface area (Å²) in [7, 11) is 0. The van der Waals surface area contributed by atoms with E-state index in [0.717, 1.165) is 6.42 Å². The topological polar surface area (TPSA) is 41.5 Å². The minimum atomic E-state index is -0.292. The fourth-order valence-electron chi connectivity index (χ4n) is 2.04. The number of aliphatic hydroxyl groups excluding tert-OH is 1. The van der Waals surface area contributed by atoms with Crippen molar-refractivity contribution in [3.63, 3.8) is 0 Å². The Morgan fingerprint density at radius 2 is 2.12 bits per heavy atom. The van der Waals surface area contributed by atoms with Crippen LogP contribution in [0.2, 0.25) is 0 Å². The first-order valence-electron chi connectivity index (χ1n) is 5.84. The molecular weight excluding hydrogens is 202 g/mol. The summed E-state index contributed by atoms with van der Waals surface area (Å²) in [6.07, 6.45) is 0.430. The third-order valence-corrected chi connectivity index (χ3v) is 3.08. The van der Waals surface area contributed by atoms with Gasteiger partial charge in [-0.15, -0.1) is 0 Å². The highest BCUT2D eigenvalue weighted by atomic mass is 16.5. The van der Waals surface area contributed by atoms with Crippen molar-refractivity contribution in [3.05, 3.63) is 35.9 Å². The zero-order valence-electron chi connectivity index (χ0n) is 9.60. The van der Waals surface area contributed by atoms with Crippen LogP contribution in [0.25, 0.3) is 0 Å². The normalized spacial score (nSPS) is 27.6. The minimum Gasteiger partial charge on any atom is -0.391 e. The molecule has 1 aromatic carbocycles. The first-order chi connectivity index (χ1) is 7.77. The molecule has 2 rings (SSSR count). The van der Waals surface area contributed by atoms with Crippen molar-refractivity contribution in [1.29, 1.82) is 0 Å². The van der Waals surface area contributed by atoms with Crippen LogP contribution in [-0.4, -0.2) is 30.5 Å². The summed E-state index contributed by atoms with van der Waals surface area (Å²) < 4.78 is 5.37. The van der Waals surface area contributed by atoms with Crippen molar-refractivity contribution in [2.75, 3.05) is 13.2 Å². The van der Waals surface area contributed by atoms with Gasteiger partial charge in [0.15, 0.2) is 0 Å². The number of hydrogen-bond acceptors (Lipinski definition) is 3. The second-order valence-corrected chi connectivity index (χ2v) is 4.34. The van der Waals surface area contributed by atoms with Crippen LogP contribution in [0.4, 0.5) is 0 Å². The molecule has 3 atom stereocenters. The summed E-state index contributed by atoms with van der Waals surface area (Å²) in [6.45, 7) is 3.37. The molecule has 1 heterocycles. The van der Waals surface area contributed by atoms with Crippen molar-refractivity contribution in [2.45, 2.75) is 31.5 Å². The van der Waals surface area contributed by atoms with Gasteiger partial charge in [0.1, 0.15) is 0 Å². The van der Waals surface area contributed by atoms with E-state index in [-0.39, 0.29) is 18.2 Å². The van der Waals surface area contributed by atoms with Gasteiger partial charge >= 0.3 is 0 Å². The van der Waals surface area contributed by atoms with Gasteiger partial charge < -0.3 is 15.2 Å². The Hall–Kier alpha value is -0.900. The summed E-state index contributed by atoms with van der Waals surface area (Å²) in [6, 6.07) is 10.5. The molecule has 1 aliphatic rings. The average Bonchev–Trinajstić information content (AvgIpc) is 2.33. The van der Waals surface area contributed by atoms with Crippen LogP contribution in [-0.2, 0) is 4.74 Å². The largest absolute Gasteiger partial charge is 0.391 e.